The van der Waals surface area contributed by atoms with Crippen LogP contribution >= 0.6 is 11.6 Å². The highest BCUT2D eigenvalue weighted by Crippen LogP contribution is 2.53. The summed E-state index contributed by atoms with van der Waals surface area (Å²) in [4.78, 5) is 42.8. The zero-order valence-electron chi connectivity index (χ0n) is 22.8. The molecule has 0 aromatic heterocycles. The van der Waals surface area contributed by atoms with Crippen LogP contribution in [-0.4, -0.2) is 86.5 Å². The van der Waals surface area contributed by atoms with Gasteiger partial charge in [0.15, 0.2) is 11.4 Å². The molecule has 10 nitrogen and oxygen atoms in total. The highest BCUT2D eigenvalue weighted by Gasteiger charge is 2.64. The summed E-state index contributed by atoms with van der Waals surface area (Å²) in [5.74, 6) is -6.41. The van der Waals surface area contributed by atoms with Gasteiger partial charge in [-0.25, -0.2) is 0 Å². The molecule has 0 radical (unpaired) electrons. The molecule has 1 unspecified atom stereocenters. The number of halogens is 1. The molecule has 0 spiro atoms. The molecule has 3 aliphatic rings. The van der Waals surface area contributed by atoms with Gasteiger partial charge >= 0.3 is 0 Å². The van der Waals surface area contributed by atoms with Crippen LogP contribution in [0.2, 0.25) is 5.02 Å². The number of carbonyl (C=O) groups excluding carboxylic acids is 3. The topological polar surface area (TPSA) is 165 Å². The SMILES string of the molecule is CCN(Cc1cc(O)c2c(c1Cl)C[C@H]1C[C@H]3[C@H](N(C)C)C(=O)C(C(N)=O)=C(O)C3(O)C(=O)C1=C2O)CC(C)C. The maximum absolute atomic E-state index is 13.9. The smallest absolute Gasteiger partial charge is 0.255 e. The number of phenols is 1. The van der Waals surface area contributed by atoms with E-state index in [2.05, 4.69) is 18.7 Å². The predicted molar refractivity (Wildman–Crippen MR) is 145 cm³/mol. The number of fused-ring (bicyclic) bond motifs is 3. The molecular formula is C28H36ClN3O7. The summed E-state index contributed by atoms with van der Waals surface area (Å²) in [5, 5.41) is 45.2. The van der Waals surface area contributed by atoms with Crippen molar-refractivity contribution in [3.8, 4) is 5.75 Å². The number of hydrogen-bond donors (Lipinski definition) is 5. The van der Waals surface area contributed by atoms with Crippen LogP contribution in [0.25, 0.3) is 5.76 Å². The molecular weight excluding hydrogens is 526 g/mol. The maximum atomic E-state index is 13.9. The molecule has 0 bridgehead atoms. The molecule has 11 heteroatoms. The molecule has 1 aromatic rings. The number of amides is 1. The normalized spacial score (nSPS) is 26.9. The Hall–Kier alpha value is -2.92. The van der Waals surface area contributed by atoms with Crippen LogP contribution < -0.4 is 5.73 Å². The van der Waals surface area contributed by atoms with Gasteiger partial charge in [-0.05, 0) is 62.5 Å². The van der Waals surface area contributed by atoms with E-state index >= 15 is 0 Å². The zero-order valence-corrected chi connectivity index (χ0v) is 23.5. The van der Waals surface area contributed by atoms with E-state index in [1.54, 1.807) is 14.1 Å². The second-order valence-corrected chi connectivity index (χ2v) is 11.8. The molecule has 0 aliphatic heterocycles. The van der Waals surface area contributed by atoms with Gasteiger partial charge in [-0.1, -0.05) is 32.4 Å². The average molecular weight is 562 g/mol. The second-order valence-electron chi connectivity index (χ2n) is 11.4. The summed E-state index contributed by atoms with van der Waals surface area (Å²) in [6.07, 6.45) is 0.173. The van der Waals surface area contributed by atoms with Crippen molar-refractivity contribution in [2.24, 2.45) is 23.5 Å². The van der Waals surface area contributed by atoms with E-state index < -0.39 is 58.0 Å². The van der Waals surface area contributed by atoms with E-state index in [1.807, 2.05) is 6.92 Å². The Morgan fingerprint density at radius 3 is 2.41 bits per heavy atom. The minimum absolute atomic E-state index is 0.00746. The number of carbonyl (C=O) groups is 3. The molecule has 0 heterocycles. The number of nitrogens with two attached hydrogens (primary N) is 1. The molecule has 1 fully saturated rings. The quantitative estimate of drug-likeness (QED) is 0.313. The van der Waals surface area contributed by atoms with Gasteiger partial charge in [-0.3, -0.25) is 24.2 Å². The lowest BCUT2D eigenvalue weighted by molar-refractivity contribution is -0.153. The van der Waals surface area contributed by atoms with Crippen LogP contribution in [0.4, 0.5) is 0 Å². The van der Waals surface area contributed by atoms with Crippen LogP contribution in [0.5, 0.6) is 5.75 Å². The van der Waals surface area contributed by atoms with E-state index in [9.17, 15) is 34.8 Å². The summed E-state index contributed by atoms with van der Waals surface area (Å²) in [5.41, 5.74) is 2.79. The zero-order chi connectivity index (χ0) is 29.1. The van der Waals surface area contributed by atoms with Crippen LogP contribution in [0.1, 0.15) is 43.9 Å². The second kappa shape index (κ2) is 10.2. The van der Waals surface area contributed by atoms with E-state index in [1.165, 1.54) is 11.0 Å². The Bertz CT molecular complexity index is 1320. The van der Waals surface area contributed by atoms with Gasteiger partial charge in [0.2, 0.25) is 5.78 Å². The minimum atomic E-state index is -2.66. The van der Waals surface area contributed by atoms with Gasteiger partial charge in [-0.15, -0.1) is 0 Å². The number of rotatable bonds is 7. The number of ketones is 2. The Morgan fingerprint density at radius 1 is 1.23 bits per heavy atom. The fourth-order valence-electron chi connectivity index (χ4n) is 6.52. The number of aliphatic hydroxyl groups excluding tert-OH is 2. The molecule has 4 rings (SSSR count). The molecule has 39 heavy (non-hydrogen) atoms. The van der Waals surface area contributed by atoms with Gasteiger partial charge in [0, 0.05) is 29.6 Å². The predicted octanol–water partition coefficient (Wildman–Crippen LogP) is 2.10. The number of aliphatic hydroxyl groups is 3. The molecule has 0 saturated heterocycles. The van der Waals surface area contributed by atoms with Crippen molar-refractivity contribution in [1.82, 2.24) is 9.80 Å². The largest absolute Gasteiger partial charge is 0.508 e. The number of nitrogens with zero attached hydrogens (tertiary/aromatic N) is 2. The van der Waals surface area contributed by atoms with Gasteiger partial charge < -0.3 is 26.2 Å². The average Bonchev–Trinajstić information content (AvgIpc) is 2.83. The van der Waals surface area contributed by atoms with E-state index in [-0.39, 0.29) is 29.7 Å². The first kappa shape index (κ1) is 29.1. The summed E-state index contributed by atoms with van der Waals surface area (Å²) < 4.78 is 0. The molecule has 1 saturated carbocycles. The molecule has 6 N–H and O–H groups in total. The number of likely N-dealkylation sites (N-methyl/N-ethyl adjacent to an activating group) is 1. The Labute approximate surface area is 232 Å². The standard InChI is InChI=1S/C28H36ClN3O7/c1-6-32(10-12(2)3)11-14-9-17(33)19-15(21(14)29)7-13-8-16-22(31(4)5)24(35)20(27(30)38)26(37)28(16,39)25(36)18(13)23(19)34/h9,12-13,16,22,33-34,37,39H,6-8,10-11H2,1-5H3,(H2,30,38)/t13-,16-,22-,28?/m0/s1. The van der Waals surface area contributed by atoms with Crippen molar-refractivity contribution in [1.29, 1.82) is 0 Å². The highest BCUT2D eigenvalue weighted by atomic mass is 35.5. The van der Waals surface area contributed by atoms with Crippen LogP contribution in [0.15, 0.2) is 23.0 Å². The first-order valence-electron chi connectivity index (χ1n) is 13.1. The van der Waals surface area contributed by atoms with E-state index in [4.69, 9.17) is 17.3 Å². The minimum Gasteiger partial charge on any atom is -0.508 e. The first-order chi connectivity index (χ1) is 18.2. The van der Waals surface area contributed by atoms with Crippen molar-refractivity contribution in [2.45, 2.75) is 51.8 Å². The van der Waals surface area contributed by atoms with Crippen molar-refractivity contribution in [2.75, 3.05) is 27.2 Å². The van der Waals surface area contributed by atoms with Crippen molar-refractivity contribution < 1.29 is 34.8 Å². The fraction of sp³-hybridized carbons (Fsp3) is 0.536. The van der Waals surface area contributed by atoms with Crippen LogP contribution in [-0.2, 0) is 27.3 Å². The summed E-state index contributed by atoms with van der Waals surface area (Å²) in [6, 6.07) is 0.336. The monoisotopic (exact) mass is 561 g/mol. The summed E-state index contributed by atoms with van der Waals surface area (Å²) in [6.45, 7) is 8.31. The van der Waals surface area contributed by atoms with Crippen LogP contribution in [0, 0.1) is 17.8 Å². The van der Waals surface area contributed by atoms with Crippen molar-refractivity contribution in [3.63, 3.8) is 0 Å². The lowest BCUT2D eigenvalue weighted by Gasteiger charge is -2.50. The fourth-order valence-corrected chi connectivity index (χ4v) is 6.81. The molecule has 1 amide bonds. The Balaban J connectivity index is 1.87. The van der Waals surface area contributed by atoms with Crippen molar-refractivity contribution in [3.05, 3.63) is 44.7 Å². The Kier molecular flexibility index (Phi) is 7.63. The van der Waals surface area contributed by atoms with E-state index in [0.29, 0.717) is 28.6 Å². The summed E-state index contributed by atoms with van der Waals surface area (Å²) >= 11 is 6.85. The third-order valence-electron chi connectivity index (χ3n) is 8.19. The maximum Gasteiger partial charge on any atom is 0.255 e. The third-order valence-corrected chi connectivity index (χ3v) is 8.66. The number of hydrogen-bond acceptors (Lipinski definition) is 9. The highest BCUT2D eigenvalue weighted by molar-refractivity contribution is 6.32. The Morgan fingerprint density at radius 2 is 1.87 bits per heavy atom. The van der Waals surface area contributed by atoms with Gasteiger partial charge in [0.25, 0.3) is 5.91 Å². The third kappa shape index (κ3) is 4.43. The van der Waals surface area contributed by atoms with Crippen LogP contribution in [0.3, 0.4) is 0 Å². The van der Waals surface area contributed by atoms with Gasteiger partial charge in [-0.2, -0.15) is 0 Å². The summed E-state index contributed by atoms with van der Waals surface area (Å²) in [7, 11) is 3.12. The van der Waals surface area contributed by atoms with Crippen molar-refractivity contribution >= 4 is 34.8 Å². The lowest BCUT2D eigenvalue weighted by Crippen LogP contribution is -2.65. The number of benzene rings is 1. The first-order valence-corrected chi connectivity index (χ1v) is 13.4. The molecule has 4 atom stereocenters. The lowest BCUT2D eigenvalue weighted by atomic mass is 9.57. The number of phenolic OH excluding ortho intramolecular Hbond substituents is 1. The van der Waals surface area contributed by atoms with Gasteiger partial charge in [0.1, 0.15) is 22.8 Å². The number of primary amides is 1. The number of Topliss-reactive ketones (excluding diaryl/α,β-unsaturated/α-hetero) is 2. The van der Waals surface area contributed by atoms with E-state index in [0.717, 1.165) is 13.1 Å². The molecule has 1 aromatic carbocycles. The molecule has 212 valence electrons. The molecule has 3 aliphatic carbocycles. The number of aromatic hydroxyl groups is 1. The van der Waals surface area contributed by atoms with Gasteiger partial charge in [0.05, 0.1) is 11.6 Å².